The highest BCUT2D eigenvalue weighted by Crippen LogP contribution is 2.23. The van der Waals surface area contributed by atoms with Crippen LogP contribution in [-0.2, 0) is 10.0 Å². The van der Waals surface area contributed by atoms with Crippen LogP contribution in [0.25, 0.3) is 0 Å². The minimum absolute atomic E-state index is 0.00771. The molecule has 4 nitrogen and oxygen atoms in total. The minimum Gasteiger partial charge on any atom is -0.330 e. The number of benzene rings is 1. The highest BCUT2D eigenvalue weighted by molar-refractivity contribution is 7.92. The molecular weight excluding hydrogens is 248 g/mol. The highest BCUT2D eigenvalue weighted by atomic mass is 35.5. The molecule has 0 heterocycles. The van der Waals surface area contributed by atoms with E-state index in [1.165, 1.54) is 0 Å². The van der Waals surface area contributed by atoms with E-state index in [0.717, 1.165) is 5.56 Å². The van der Waals surface area contributed by atoms with Crippen LogP contribution in [0.2, 0.25) is 5.02 Å². The fourth-order valence-electron chi connectivity index (χ4n) is 1.21. The zero-order valence-corrected chi connectivity index (χ0v) is 10.6. The van der Waals surface area contributed by atoms with E-state index in [4.69, 9.17) is 17.3 Å². The van der Waals surface area contributed by atoms with Gasteiger partial charge in [-0.25, -0.2) is 8.42 Å². The third-order valence-corrected chi connectivity index (χ3v) is 3.69. The second-order valence-electron chi connectivity index (χ2n) is 3.55. The molecule has 0 saturated carbocycles. The molecule has 0 bridgehead atoms. The fourth-order valence-corrected chi connectivity index (χ4v) is 2.58. The summed E-state index contributed by atoms with van der Waals surface area (Å²) >= 11 is 5.88. The van der Waals surface area contributed by atoms with Crippen molar-refractivity contribution in [2.75, 3.05) is 17.0 Å². The van der Waals surface area contributed by atoms with Gasteiger partial charge in [0.05, 0.1) is 16.5 Å². The van der Waals surface area contributed by atoms with Gasteiger partial charge >= 0.3 is 0 Å². The third-order valence-electron chi connectivity index (χ3n) is 2.00. The van der Waals surface area contributed by atoms with Crippen LogP contribution in [-0.4, -0.2) is 20.7 Å². The van der Waals surface area contributed by atoms with Gasteiger partial charge in [-0.2, -0.15) is 0 Å². The van der Waals surface area contributed by atoms with Crippen LogP contribution in [0.5, 0.6) is 0 Å². The number of halogens is 1. The van der Waals surface area contributed by atoms with Crippen molar-refractivity contribution in [3.05, 3.63) is 28.8 Å². The molecule has 0 fully saturated rings. The van der Waals surface area contributed by atoms with E-state index in [1.54, 1.807) is 12.1 Å². The highest BCUT2D eigenvalue weighted by Gasteiger charge is 2.11. The number of rotatable bonds is 5. The van der Waals surface area contributed by atoms with E-state index in [9.17, 15) is 8.42 Å². The number of hydrogen-bond donors (Lipinski definition) is 2. The van der Waals surface area contributed by atoms with Crippen molar-refractivity contribution in [2.24, 2.45) is 5.73 Å². The summed E-state index contributed by atoms with van der Waals surface area (Å²) in [7, 11) is -3.35. The summed E-state index contributed by atoms with van der Waals surface area (Å²) in [5.41, 5.74) is 6.63. The van der Waals surface area contributed by atoms with E-state index in [2.05, 4.69) is 4.72 Å². The molecule has 1 rings (SSSR count). The van der Waals surface area contributed by atoms with Crippen molar-refractivity contribution in [2.45, 2.75) is 13.3 Å². The van der Waals surface area contributed by atoms with Gasteiger partial charge in [0.1, 0.15) is 0 Å². The molecule has 90 valence electrons. The number of nitrogens with two attached hydrogens (primary N) is 1. The van der Waals surface area contributed by atoms with Crippen LogP contribution in [0, 0.1) is 6.92 Å². The minimum atomic E-state index is -3.35. The first-order chi connectivity index (χ1) is 7.44. The molecule has 0 saturated heterocycles. The summed E-state index contributed by atoms with van der Waals surface area (Å²) in [4.78, 5) is 0. The molecule has 0 aromatic heterocycles. The van der Waals surface area contributed by atoms with Crippen molar-refractivity contribution < 1.29 is 8.42 Å². The van der Waals surface area contributed by atoms with Crippen LogP contribution < -0.4 is 10.5 Å². The van der Waals surface area contributed by atoms with Gasteiger partial charge in [-0.05, 0) is 37.6 Å². The van der Waals surface area contributed by atoms with Crippen molar-refractivity contribution in [3.63, 3.8) is 0 Å². The third kappa shape index (κ3) is 4.00. The predicted octanol–water partition coefficient (Wildman–Crippen LogP) is 1.74. The average molecular weight is 263 g/mol. The lowest BCUT2D eigenvalue weighted by Gasteiger charge is -2.09. The summed E-state index contributed by atoms with van der Waals surface area (Å²) in [6.45, 7) is 2.22. The number of hydrogen-bond acceptors (Lipinski definition) is 3. The lowest BCUT2D eigenvalue weighted by atomic mass is 10.2. The summed E-state index contributed by atoms with van der Waals surface area (Å²) in [6.07, 6.45) is 0.429. The molecular formula is C10H15ClN2O2S. The van der Waals surface area contributed by atoms with Gasteiger partial charge in [-0.3, -0.25) is 4.72 Å². The molecule has 0 aliphatic heterocycles. The Labute approximate surface area is 101 Å². The number of anilines is 1. The molecule has 0 amide bonds. The van der Waals surface area contributed by atoms with Gasteiger partial charge in [0.2, 0.25) is 10.0 Å². The van der Waals surface area contributed by atoms with Gasteiger partial charge in [0, 0.05) is 0 Å². The van der Waals surface area contributed by atoms with Crippen molar-refractivity contribution in [3.8, 4) is 0 Å². The van der Waals surface area contributed by atoms with E-state index >= 15 is 0 Å². The quantitative estimate of drug-likeness (QED) is 0.849. The zero-order chi connectivity index (χ0) is 12.2. The Hall–Kier alpha value is -0.780. The smallest absolute Gasteiger partial charge is 0.232 e. The molecule has 16 heavy (non-hydrogen) atoms. The van der Waals surface area contributed by atoms with Crippen LogP contribution in [0.1, 0.15) is 12.0 Å². The zero-order valence-electron chi connectivity index (χ0n) is 9.03. The first kappa shape index (κ1) is 13.3. The van der Waals surface area contributed by atoms with Crippen molar-refractivity contribution in [1.29, 1.82) is 0 Å². The fraction of sp³-hybridized carbons (Fsp3) is 0.400. The SMILES string of the molecule is Cc1ccc(Cl)c(NS(=O)(=O)CCCN)c1. The van der Waals surface area contributed by atoms with Gasteiger partial charge in [0.25, 0.3) is 0 Å². The van der Waals surface area contributed by atoms with Crippen molar-refractivity contribution >= 4 is 27.3 Å². The Bertz CT molecular complexity index is 460. The Balaban J connectivity index is 2.83. The topological polar surface area (TPSA) is 72.2 Å². The van der Waals surface area contributed by atoms with Crippen LogP contribution in [0.3, 0.4) is 0 Å². The van der Waals surface area contributed by atoms with Gasteiger partial charge in [-0.15, -0.1) is 0 Å². The second-order valence-corrected chi connectivity index (χ2v) is 5.80. The maximum atomic E-state index is 11.6. The predicted molar refractivity (Wildman–Crippen MR) is 67.3 cm³/mol. The van der Waals surface area contributed by atoms with E-state index < -0.39 is 10.0 Å². The normalized spacial score (nSPS) is 11.4. The largest absolute Gasteiger partial charge is 0.330 e. The average Bonchev–Trinajstić information content (AvgIpc) is 2.20. The van der Waals surface area contributed by atoms with Crippen molar-refractivity contribution in [1.82, 2.24) is 0 Å². The molecule has 0 atom stereocenters. The Kier molecular flexibility index (Phi) is 4.58. The molecule has 3 N–H and O–H groups in total. The molecule has 0 radical (unpaired) electrons. The molecule has 0 aliphatic carbocycles. The molecule has 6 heteroatoms. The first-order valence-electron chi connectivity index (χ1n) is 4.91. The summed E-state index contributed by atoms with van der Waals surface area (Å²) in [6, 6.07) is 5.18. The number of sulfonamides is 1. The summed E-state index contributed by atoms with van der Waals surface area (Å²) in [5, 5.41) is 0.391. The molecule has 1 aromatic rings. The Morgan fingerprint density at radius 3 is 2.75 bits per heavy atom. The standard InChI is InChI=1S/C10H15ClN2O2S/c1-8-3-4-9(11)10(7-8)13-16(14,15)6-2-5-12/h3-4,7,13H,2,5-6,12H2,1H3. The monoisotopic (exact) mass is 262 g/mol. The molecule has 0 unspecified atom stereocenters. The van der Waals surface area contributed by atoms with Crippen LogP contribution >= 0.6 is 11.6 Å². The van der Waals surface area contributed by atoms with Gasteiger partial charge in [0.15, 0.2) is 0 Å². The van der Waals surface area contributed by atoms with Crippen LogP contribution in [0.15, 0.2) is 18.2 Å². The van der Waals surface area contributed by atoms with Crippen LogP contribution in [0.4, 0.5) is 5.69 Å². The maximum Gasteiger partial charge on any atom is 0.232 e. The maximum absolute atomic E-state index is 11.6. The van der Waals surface area contributed by atoms with E-state index in [0.29, 0.717) is 23.7 Å². The summed E-state index contributed by atoms with van der Waals surface area (Å²) in [5.74, 6) is 0.00771. The summed E-state index contributed by atoms with van der Waals surface area (Å²) < 4.78 is 25.6. The molecule has 1 aromatic carbocycles. The number of aryl methyl sites for hydroxylation is 1. The Morgan fingerprint density at radius 1 is 1.44 bits per heavy atom. The molecule has 0 spiro atoms. The lowest BCUT2D eigenvalue weighted by Crippen LogP contribution is -2.19. The van der Waals surface area contributed by atoms with E-state index in [-0.39, 0.29) is 5.75 Å². The lowest BCUT2D eigenvalue weighted by molar-refractivity contribution is 0.599. The van der Waals surface area contributed by atoms with Gasteiger partial charge < -0.3 is 5.73 Å². The van der Waals surface area contributed by atoms with Gasteiger partial charge in [-0.1, -0.05) is 17.7 Å². The Morgan fingerprint density at radius 2 is 2.12 bits per heavy atom. The number of nitrogens with one attached hydrogen (secondary N) is 1. The first-order valence-corrected chi connectivity index (χ1v) is 6.94. The molecule has 0 aliphatic rings. The van der Waals surface area contributed by atoms with E-state index in [1.807, 2.05) is 13.0 Å². The second kappa shape index (κ2) is 5.52.